The van der Waals surface area contributed by atoms with E-state index in [1.54, 1.807) is 31.6 Å². The second-order valence-corrected chi connectivity index (χ2v) is 11.6. The van der Waals surface area contributed by atoms with E-state index in [1.165, 1.54) is 17.7 Å². The fourth-order valence-corrected chi connectivity index (χ4v) is 7.12. The van der Waals surface area contributed by atoms with Crippen LogP contribution in [0.25, 0.3) is 11.8 Å². The molecule has 0 radical (unpaired) electrons. The number of halogens is 1. The Morgan fingerprint density at radius 1 is 1.19 bits per heavy atom. The molecule has 37 heavy (non-hydrogen) atoms. The minimum absolute atomic E-state index is 0.277. The van der Waals surface area contributed by atoms with Crippen LogP contribution in [0.3, 0.4) is 0 Å². The first-order valence-corrected chi connectivity index (χ1v) is 13.6. The molecule has 1 aliphatic carbocycles. The Morgan fingerprint density at radius 3 is 2.78 bits per heavy atom. The summed E-state index contributed by atoms with van der Waals surface area (Å²) in [5.74, 6) is -0.277. The normalized spacial score (nSPS) is 24.5. The summed E-state index contributed by atoms with van der Waals surface area (Å²) in [7, 11) is 0.330. The van der Waals surface area contributed by atoms with Crippen molar-refractivity contribution in [2.24, 2.45) is 5.41 Å². The molecule has 1 aromatic carbocycles. The third-order valence-corrected chi connectivity index (χ3v) is 9.08. The highest BCUT2D eigenvalue weighted by Gasteiger charge is 2.44. The van der Waals surface area contributed by atoms with E-state index in [1.807, 2.05) is 21.3 Å². The summed E-state index contributed by atoms with van der Waals surface area (Å²) >= 11 is 0. The molecule has 194 valence electrons. The summed E-state index contributed by atoms with van der Waals surface area (Å²) in [6, 6.07) is 8.28. The van der Waals surface area contributed by atoms with E-state index in [0.29, 0.717) is 31.1 Å². The van der Waals surface area contributed by atoms with Gasteiger partial charge in [-0.15, -0.1) is 0 Å². The zero-order chi connectivity index (χ0) is 25.6. The van der Waals surface area contributed by atoms with E-state index in [0.717, 1.165) is 48.4 Å². The maximum atomic E-state index is 13.7. The molecule has 1 unspecified atom stereocenters. The highest BCUT2D eigenvalue weighted by molar-refractivity contribution is 7.82. The Bertz CT molecular complexity index is 1360. The number of aliphatic hydroxyl groups is 1. The van der Waals surface area contributed by atoms with Crippen LogP contribution in [0, 0.1) is 11.2 Å². The highest BCUT2D eigenvalue weighted by atomic mass is 32.2. The van der Waals surface area contributed by atoms with Crippen LogP contribution in [-0.2, 0) is 22.1 Å². The van der Waals surface area contributed by atoms with Gasteiger partial charge >= 0.3 is 0 Å². The number of piperidine rings is 1. The van der Waals surface area contributed by atoms with Gasteiger partial charge in [-0.3, -0.25) is 4.98 Å². The van der Waals surface area contributed by atoms with Gasteiger partial charge in [0.05, 0.1) is 47.1 Å². The van der Waals surface area contributed by atoms with Crippen molar-refractivity contribution in [1.82, 2.24) is 19.1 Å². The van der Waals surface area contributed by atoms with Crippen molar-refractivity contribution in [3.8, 4) is 5.69 Å². The largest absolute Gasteiger partial charge is 0.391 e. The topological polar surface area (TPSA) is 83.7 Å². The van der Waals surface area contributed by atoms with Crippen LogP contribution in [0.5, 0.6) is 0 Å². The Kier molecular flexibility index (Phi) is 6.44. The highest BCUT2D eigenvalue weighted by Crippen LogP contribution is 2.45. The maximum absolute atomic E-state index is 13.7. The number of anilines is 1. The van der Waals surface area contributed by atoms with Crippen molar-refractivity contribution in [3.63, 3.8) is 0 Å². The van der Waals surface area contributed by atoms with Gasteiger partial charge in [-0.05, 0) is 61.2 Å². The van der Waals surface area contributed by atoms with Crippen molar-refractivity contribution in [3.05, 3.63) is 71.6 Å². The molecule has 2 aliphatic heterocycles. The van der Waals surface area contributed by atoms with E-state index in [-0.39, 0.29) is 17.3 Å². The molecule has 2 saturated heterocycles. The molecule has 2 fully saturated rings. The Balaban J connectivity index is 1.27. The van der Waals surface area contributed by atoms with E-state index in [2.05, 4.69) is 21.1 Å². The van der Waals surface area contributed by atoms with E-state index in [9.17, 15) is 13.7 Å². The molecule has 4 heterocycles. The standard InChI is InChI=1S/C27H30FN5O3S/c1-36-18-27-12-19-13-30-33(22-4-2-21(28)3-5-22)26(19)10-20(27)6-9-32(17-27)37(35)25-11-23(14-29-15-25)31-8-7-24(34)16-31/h2-5,10-11,13-15,24,34H,6-9,12,16-18H2,1H3/t24-,27-,37?/m1/s1. The second-order valence-electron chi connectivity index (χ2n) is 10.1. The van der Waals surface area contributed by atoms with E-state index < -0.39 is 11.0 Å². The molecule has 2 aromatic heterocycles. The van der Waals surface area contributed by atoms with Crippen molar-refractivity contribution >= 4 is 22.7 Å². The average molecular weight is 524 g/mol. The molecular weight excluding hydrogens is 493 g/mol. The van der Waals surface area contributed by atoms with Crippen molar-refractivity contribution in [2.45, 2.75) is 30.3 Å². The van der Waals surface area contributed by atoms with Crippen molar-refractivity contribution < 1.29 is 18.4 Å². The molecule has 1 N–H and O–H groups in total. The number of benzene rings is 1. The lowest BCUT2D eigenvalue weighted by atomic mass is 9.69. The number of nitrogens with zero attached hydrogens (tertiary/aromatic N) is 5. The molecule has 0 spiro atoms. The summed E-state index contributed by atoms with van der Waals surface area (Å²) in [6.45, 7) is 3.09. The number of rotatable bonds is 6. The predicted molar refractivity (Wildman–Crippen MR) is 139 cm³/mol. The number of pyridine rings is 1. The summed E-state index contributed by atoms with van der Waals surface area (Å²) < 4.78 is 36.8. The average Bonchev–Trinajstić information content (AvgIpc) is 3.53. The minimum Gasteiger partial charge on any atom is -0.391 e. The first-order valence-electron chi connectivity index (χ1n) is 12.5. The number of ether oxygens (including phenoxy) is 1. The van der Waals surface area contributed by atoms with Crippen LogP contribution < -0.4 is 4.90 Å². The molecule has 8 nitrogen and oxygen atoms in total. The summed E-state index contributed by atoms with van der Waals surface area (Å²) in [4.78, 5) is 7.11. The number of hydrogen-bond acceptors (Lipinski definition) is 6. The monoisotopic (exact) mass is 523 g/mol. The number of β-amino-alcohol motifs (C(OH)–C–C–N with tert-alkyl or cyclic N) is 1. The van der Waals surface area contributed by atoms with Gasteiger partial charge in [0, 0.05) is 44.9 Å². The van der Waals surface area contributed by atoms with Gasteiger partial charge in [-0.1, -0.05) is 5.57 Å². The van der Waals surface area contributed by atoms with Crippen LogP contribution >= 0.6 is 0 Å². The number of aliphatic hydroxyl groups excluding tert-OH is 1. The van der Waals surface area contributed by atoms with Crippen molar-refractivity contribution in [2.75, 3.05) is 44.8 Å². The van der Waals surface area contributed by atoms with Crippen molar-refractivity contribution in [1.29, 1.82) is 0 Å². The zero-order valence-corrected chi connectivity index (χ0v) is 21.5. The van der Waals surface area contributed by atoms with Gasteiger partial charge in [0.25, 0.3) is 0 Å². The number of aromatic nitrogens is 3. The van der Waals surface area contributed by atoms with Crippen LogP contribution in [0.1, 0.15) is 24.1 Å². The molecule has 3 atom stereocenters. The predicted octanol–water partition coefficient (Wildman–Crippen LogP) is 2.98. The molecule has 3 aliphatic rings. The second kappa shape index (κ2) is 9.75. The van der Waals surface area contributed by atoms with Crippen LogP contribution in [0.2, 0.25) is 0 Å². The first kappa shape index (κ1) is 24.4. The first-order chi connectivity index (χ1) is 18.0. The van der Waals surface area contributed by atoms with Crippen LogP contribution in [0.4, 0.5) is 10.1 Å². The molecule has 10 heteroatoms. The summed E-state index contributed by atoms with van der Waals surface area (Å²) in [5.41, 5.74) is 4.76. The molecule has 6 rings (SSSR count). The SMILES string of the molecule is COC[C@]12Cc3cnn(-c4ccc(F)cc4)c3C=C1CCN(S(=O)c1cncc(N3CC[C@@H](O)C3)c1)C2. The Labute approximate surface area is 218 Å². The number of hydrogen-bond donors (Lipinski definition) is 1. The molecule has 0 bridgehead atoms. The van der Waals surface area contributed by atoms with Gasteiger partial charge in [0.2, 0.25) is 0 Å². The fraction of sp³-hybridized carbons (Fsp3) is 0.407. The molecule has 3 aromatic rings. The van der Waals surface area contributed by atoms with Gasteiger partial charge in [-0.25, -0.2) is 17.6 Å². The molecule has 0 saturated carbocycles. The smallest absolute Gasteiger partial charge is 0.129 e. The zero-order valence-electron chi connectivity index (χ0n) is 20.7. The molecular formula is C27H30FN5O3S. The van der Waals surface area contributed by atoms with Gasteiger partial charge in [-0.2, -0.15) is 5.10 Å². The lowest BCUT2D eigenvalue weighted by Gasteiger charge is -2.45. The van der Waals surface area contributed by atoms with Crippen LogP contribution in [-0.4, -0.2) is 74.4 Å². The number of methoxy groups -OCH3 is 1. The Hall–Kier alpha value is -2.92. The third-order valence-electron chi connectivity index (χ3n) is 7.67. The molecule has 0 amide bonds. The summed E-state index contributed by atoms with van der Waals surface area (Å²) in [5, 5.41) is 14.5. The fourth-order valence-electron chi connectivity index (χ4n) is 5.83. The lowest BCUT2D eigenvalue weighted by Crippen LogP contribution is -2.50. The van der Waals surface area contributed by atoms with Crippen LogP contribution in [0.15, 0.2) is 59.4 Å². The van der Waals surface area contributed by atoms with E-state index in [4.69, 9.17) is 4.74 Å². The Morgan fingerprint density at radius 2 is 2.03 bits per heavy atom. The third kappa shape index (κ3) is 4.52. The quantitative estimate of drug-likeness (QED) is 0.535. The maximum Gasteiger partial charge on any atom is 0.129 e. The van der Waals surface area contributed by atoms with Gasteiger partial charge < -0.3 is 14.7 Å². The summed E-state index contributed by atoms with van der Waals surface area (Å²) in [6.07, 6.45) is 9.38. The number of fused-ring (bicyclic) bond motifs is 2. The van der Waals surface area contributed by atoms with E-state index >= 15 is 0 Å². The minimum atomic E-state index is -1.38. The van der Waals surface area contributed by atoms with Gasteiger partial charge in [0.15, 0.2) is 0 Å². The van der Waals surface area contributed by atoms with Gasteiger partial charge in [0.1, 0.15) is 16.8 Å². The lowest BCUT2D eigenvalue weighted by molar-refractivity contribution is 0.0746.